The summed E-state index contributed by atoms with van der Waals surface area (Å²) in [4.78, 5) is 67.9. The Morgan fingerprint density at radius 2 is 1.76 bits per heavy atom. The van der Waals surface area contributed by atoms with Crippen LogP contribution in [0.3, 0.4) is 0 Å². The zero-order valence-corrected chi connectivity index (χ0v) is 41.9. The van der Waals surface area contributed by atoms with Crippen LogP contribution in [0.15, 0.2) is 51.4 Å². The van der Waals surface area contributed by atoms with Gasteiger partial charge >= 0.3 is 12.0 Å². The highest BCUT2D eigenvalue weighted by atomic mass is 32.2. The van der Waals surface area contributed by atoms with Crippen LogP contribution in [0.4, 0.5) is 9.93 Å². The average Bonchev–Trinajstić information content (AvgIpc) is 4.09. The number of likely N-dealkylation sites (tertiary alicyclic amines) is 1. The monoisotopic (exact) mass is 980 g/mol. The number of thiophene rings is 1. The quantitative estimate of drug-likeness (QED) is 0.0726. The fraction of sp³-hybridized carbons (Fsp3) is 0.574. The Labute approximate surface area is 400 Å². The van der Waals surface area contributed by atoms with Crippen LogP contribution < -0.4 is 30.7 Å². The number of rotatable bonds is 17. The van der Waals surface area contributed by atoms with Gasteiger partial charge < -0.3 is 40.7 Å². The summed E-state index contributed by atoms with van der Waals surface area (Å²) >= 11 is 2.56. The van der Waals surface area contributed by atoms with Gasteiger partial charge in [0, 0.05) is 55.0 Å². The number of ether oxygens (including phenoxy) is 2. The van der Waals surface area contributed by atoms with E-state index >= 15 is 4.79 Å². The maximum atomic E-state index is 15.3. The standard InChI is InChI=1S/C47H64N8O9S3/c1-27(2)48-45-50-35(26-66-45)34-23-37(32-17-16-30(63-8)21-33(32)49-34)64-31-22-36(41(56)53-47(43(58)59)19-18-28(47)3)55(24-31)42(57)40(29-13-10-9-11-14-29)52-44(60)51-38(46(4,5)6)25-54(7)67(61,62)39-15-12-20-65-39/h12,15-17,20-21,23,26-29,31,36,38,40H,9-11,13-14,18-19,22,24-25H2,1-8H3,(H,48,50)(H,53,56)(H,58,59)(H2,51,52,60)/t28?,31-,36+,38?,40+,47-/m1/s1. The molecule has 6 atom stereocenters. The Hall–Kier alpha value is -5.05. The van der Waals surface area contributed by atoms with Crippen LogP contribution >= 0.6 is 22.7 Å². The number of nitrogens with one attached hydrogen (secondary N) is 4. The van der Waals surface area contributed by atoms with Crippen molar-refractivity contribution < 1.29 is 42.2 Å². The fourth-order valence-corrected chi connectivity index (χ4v) is 12.4. The number of fused-ring (bicyclic) bond motifs is 1. The highest BCUT2D eigenvalue weighted by molar-refractivity contribution is 7.91. The Balaban J connectivity index is 1.20. The van der Waals surface area contributed by atoms with E-state index in [1.807, 2.05) is 46.1 Å². The number of carboxylic acids is 1. The number of thiazole rings is 1. The van der Waals surface area contributed by atoms with E-state index in [1.165, 1.54) is 33.7 Å². The second-order valence-electron chi connectivity index (χ2n) is 19.5. The van der Waals surface area contributed by atoms with Crippen LogP contribution in [0.5, 0.6) is 11.5 Å². The molecule has 2 saturated carbocycles. The van der Waals surface area contributed by atoms with E-state index in [9.17, 15) is 27.9 Å². The molecule has 0 bridgehead atoms. The summed E-state index contributed by atoms with van der Waals surface area (Å²) in [5.74, 6) is -1.79. The van der Waals surface area contributed by atoms with Gasteiger partial charge in [-0.3, -0.25) is 9.59 Å². The first-order chi connectivity index (χ1) is 31.7. The molecular weight excluding hydrogens is 917 g/mol. The van der Waals surface area contributed by atoms with Crippen LogP contribution in [-0.4, -0.2) is 120 Å². The number of anilines is 1. The van der Waals surface area contributed by atoms with E-state index < -0.39 is 69.0 Å². The van der Waals surface area contributed by atoms with Crippen molar-refractivity contribution in [1.29, 1.82) is 0 Å². The number of aromatic nitrogens is 2. The molecule has 1 saturated heterocycles. The molecular formula is C47H64N8O9S3. The molecule has 0 spiro atoms. The number of carboxylic acid groups (broad SMARTS) is 1. The first kappa shape index (κ1) is 49.8. The Morgan fingerprint density at radius 1 is 1.01 bits per heavy atom. The molecule has 2 aliphatic carbocycles. The number of sulfonamides is 1. The van der Waals surface area contributed by atoms with E-state index in [0.29, 0.717) is 53.1 Å². The molecule has 5 N–H and O–H groups in total. The van der Waals surface area contributed by atoms with Gasteiger partial charge in [-0.25, -0.2) is 28.0 Å². The number of hydrogen-bond donors (Lipinski definition) is 5. The molecule has 7 rings (SSSR count). The number of amides is 4. The molecule has 4 heterocycles. The first-order valence-electron chi connectivity index (χ1n) is 23.0. The number of hydrogen-bond acceptors (Lipinski definition) is 13. The molecule has 3 fully saturated rings. The van der Waals surface area contributed by atoms with Gasteiger partial charge in [-0.2, -0.15) is 4.31 Å². The SMILES string of the molecule is COc1ccc2c(O[C@@H]3C[C@@H](C(=O)N[C@]4(C(=O)O)CCC4C)N(C(=O)[C@@H](NC(=O)NC(CN(C)S(=O)(=O)c4cccs4)C(C)(C)C)C4CCCCC4)C3)cc(-c3csc(NC(C)C)n3)nc2c1. The topological polar surface area (TPSA) is 221 Å². The third kappa shape index (κ3) is 11.0. The number of pyridine rings is 1. The highest BCUT2D eigenvalue weighted by Gasteiger charge is 2.54. The molecule has 4 amide bonds. The minimum atomic E-state index is -3.83. The van der Waals surface area contributed by atoms with E-state index in [1.54, 1.807) is 43.7 Å². The summed E-state index contributed by atoms with van der Waals surface area (Å²) in [5, 5.41) is 27.5. The molecule has 2 unspecified atom stereocenters. The number of carbonyl (C=O) groups excluding carboxylic acids is 3. The first-order valence-corrected chi connectivity index (χ1v) is 26.2. The zero-order valence-electron chi connectivity index (χ0n) is 39.5. The highest BCUT2D eigenvalue weighted by Crippen LogP contribution is 2.40. The Morgan fingerprint density at radius 3 is 2.37 bits per heavy atom. The molecule has 3 aliphatic rings. The molecule has 1 aliphatic heterocycles. The number of benzene rings is 1. The van der Waals surface area contributed by atoms with Gasteiger partial charge in [0.1, 0.15) is 45.1 Å². The van der Waals surface area contributed by atoms with Crippen molar-refractivity contribution in [2.45, 2.75) is 133 Å². The van der Waals surface area contributed by atoms with Crippen LogP contribution in [-0.2, 0) is 24.4 Å². The van der Waals surface area contributed by atoms with Gasteiger partial charge in [-0.15, -0.1) is 22.7 Å². The predicted molar refractivity (Wildman–Crippen MR) is 259 cm³/mol. The van der Waals surface area contributed by atoms with Crippen LogP contribution in [0, 0.1) is 17.3 Å². The number of aliphatic carboxylic acids is 1. The number of likely N-dealkylation sites (N-methyl/N-ethyl adjacent to an activating group) is 1. The molecule has 0 radical (unpaired) electrons. The minimum absolute atomic E-state index is 0.0347. The van der Waals surface area contributed by atoms with Crippen molar-refractivity contribution in [3.8, 4) is 22.9 Å². The van der Waals surface area contributed by atoms with Crippen molar-refractivity contribution in [3.05, 3.63) is 47.2 Å². The van der Waals surface area contributed by atoms with Gasteiger partial charge in [0.25, 0.3) is 10.0 Å². The normalized spacial score (nSPS) is 22.2. The smallest absolute Gasteiger partial charge is 0.329 e. The van der Waals surface area contributed by atoms with Crippen molar-refractivity contribution >= 4 is 72.5 Å². The minimum Gasteiger partial charge on any atom is -0.497 e. The summed E-state index contributed by atoms with van der Waals surface area (Å²) in [6.07, 6.45) is 4.16. The van der Waals surface area contributed by atoms with Crippen LogP contribution in [0.1, 0.15) is 92.9 Å². The largest absolute Gasteiger partial charge is 0.497 e. The van der Waals surface area contributed by atoms with Crippen molar-refractivity contribution in [2.75, 3.05) is 32.6 Å². The van der Waals surface area contributed by atoms with Crippen molar-refractivity contribution in [2.24, 2.45) is 17.3 Å². The van der Waals surface area contributed by atoms with Crippen LogP contribution in [0.25, 0.3) is 22.3 Å². The van der Waals surface area contributed by atoms with E-state index in [-0.39, 0.29) is 48.0 Å². The molecule has 4 aromatic rings. The maximum absolute atomic E-state index is 15.3. The molecule has 3 aromatic heterocycles. The van der Waals surface area contributed by atoms with E-state index in [0.717, 1.165) is 35.7 Å². The second kappa shape index (κ2) is 20.3. The summed E-state index contributed by atoms with van der Waals surface area (Å²) in [7, 11) is -0.783. The Bertz CT molecular complexity index is 2540. The van der Waals surface area contributed by atoms with Crippen LogP contribution in [0.2, 0.25) is 0 Å². The fourth-order valence-electron chi connectivity index (χ4n) is 9.20. The maximum Gasteiger partial charge on any atom is 0.329 e. The van der Waals surface area contributed by atoms with E-state index in [4.69, 9.17) is 19.4 Å². The number of methoxy groups -OCH3 is 1. The molecule has 1 aromatic carbocycles. The Kier molecular flexibility index (Phi) is 15.1. The third-order valence-corrected chi connectivity index (χ3v) is 17.4. The number of urea groups is 1. The lowest BCUT2D eigenvalue weighted by Gasteiger charge is -2.45. The molecule has 20 heteroatoms. The summed E-state index contributed by atoms with van der Waals surface area (Å²) in [5.41, 5.74) is -0.331. The number of nitrogens with zero attached hydrogens (tertiary/aromatic N) is 4. The van der Waals surface area contributed by atoms with Crippen molar-refractivity contribution in [3.63, 3.8) is 0 Å². The third-order valence-electron chi connectivity index (χ3n) is 13.5. The summed E-state index contributed by atoms with van der Waals surface area (Å²) < 4.78 is 40.6. The van der Waals surface area contributed by atoms with Gasteiger partial charge in [0.2, 0.25) is 11.8 Å². The molecule has 17 nitrogen and oxygen atoms in total. The van der Waals surface area contributed by atoms with Gasteiger partial charge in [-0.05, 0) is 80.4 Å². The van der Waals surface area contributed by atoms with Gasteiger partial charge in [0.05, 0.1) is 24.9 Å². The second-order valence-corrected chi connectivity index (χ2v) is 23.6. The van der Waals surface area contributed by atoms with Gasteiger partial charge in [-0.1, -0.05) is 53.0 Å². The summed E-state index contributed by atoms with van der Waals surface area (Å²) in [6, 6.07) is 7.10. The molecule has 67 heavy (non-hydrogen) atoms. The number of carbonyl (C=O) groups is 4. The predicted octanol–water partition coefficient (Wildman–Crippen LogP) is 6.95. The van der Waals surface area contributed by atoms with E-state index in [2.05, 4.69) is 21.3 Å². The lowest BCUT2D eigenvalue weighted by molar-refractivity contribution is -0.157. The summed E-state index contributed by atoms with van der Waals surface area (Å²) in [6.45, 7) is 11.5. The zero-order chi connectivity index (χ0) is 48.4. The lowest BCUT2D eigenvalue weighted by atomic mass is 9.67. The van der Waals surface area contributed by atoms with Gasteiger partial charge in [0.15, 0.2) is 5.13 Å². The van der Waals surface area contributed by atoms with Crippen molar-refractivity contribution in [1.82, 2.24) is 35.1 Å². The lowest BCUT2D eigenvalue weighted by Crippen LogP contribution is -2.67. The molecule has 364 valence electrons. The average molecular weight is 981 g/mol.